The summed E-state index contributed by atoms with van der Waals surface area (Å²) >= 11 is 3.08. The molecule has 1 saturated heterocycles. The highest BCUT2D eigenvalue weighted by Gasteiger charge is 2.23. The van der Waals surface area contributed by atoms with Crippen molar-refractivity contribution in [2.24, 2.45) is 0 Å². The Hall–Kier alpha value is -2.42. The van der Waals surface area contributed by atoms with E-state index >= 15 is 0 Å². The SMILES string of the molecule is O=C(CSc1nnc(-c2cccs2)n1C[C@@H]1CCCO1)c1c[nH]c2ccccc12. The van der Waals surface area contributed by atoms with Crippen LogP contribution in [0.4, 0.5) is 0 Å². The number of ketones is 1. The summed E-state index contributed by atoms with van der Waals surface area (Å²) in [6.07, 6.45) is 4.10. The van der Waals surface area contributed by atoms with Gasteiger partial charge in [-0.15, -0.1) is 21.5 Å². The normalized spacial score (nSPS) is 16.6. The molecule has 0 unspecified atom stereocenters. The number of para-hydroxylation sites is 1. The molecule has 1 aliphatic heterocycles. The third-order valence-corrected chi connectivity index (χ3v) is 6.92. The van der Waals surface area contributed by atoms with E-state index in [4.69, 9.17) is 4.74 Å². The molecule has 0 spiro atoms. The number of carbonyl (C=O) groups excluding carboxylic acids is 1. The number of hydrogen-bond donors (Lipinski definition) is 1. The van der Waals surface area contributed by atoms with Crippen LogP contribution in [0.15, 0.2) is 53.1 Å². The number of hydrogen-bond acceptors (Lipinski definition) is 6. The van der Waals surface area contributed by atoms with Gasteiger partial charge in [0.2, 0.25) is 0 Å². The van der Waals surface area contributed by atoms with E-state index in [0.29, 0.717) is 12.3 Å². The lowest BCUT2D eigenvalue weighted by Crippen LogP contribution is -2.17. The molecule has 29 heavy (non-hydrogen) atoms. The van der Waals surface area contributed by atoms with Crippen LogP contribution in [0.2, 0.25) is 0 Å². The molecule has 5 rings (SSSR count). The van der Waals surface area contributed by atoms with E-state index in [1.807, 2.05) is 41.8 Å². The highest BCUT2D eigenvalue weighted by molar-refractivity contribution is 7.99. The van der Waals surface area contributed by atoms with Crippen LogP contribution < -0.4 is 0 Å². The van der Waals surface area contributed by atoms with Crippen molar-refractivity contribution in [1.29, 1.82) is 0 Å². The molecule has 0 radical (unpaired) electrons. The Morgan fingerprint density at radius 2 is 2.21 bits per heavy atom. The second-order valence-electron chi connectivity index (χ2n) is 6.99. The number of nitrogens with one attached hydrogen (secondary N) is 1. The minimum atomic E-state index is 0.0804. The second kappa shape index (κ2) is 8.14. The van der Waals surface area contributed by atoms with E-state index in [1.165, 1.54) is 11.8 Å². The number of carbonyl (C=O) groups is 1. The molecular formula is C21H20N4O2S2. The van der Waals surface area contributed by atoms with Gasteiger partial charge in [-0.1, -0.05) is 36.0 Å². The Labute approximate surface area is 176 Å². The van der Waals surface area contributed by atoms with Crippen LogP contribution in [-0.4, -0.2) is 44.0 Å². The molecule has 3 aromatic heterocycles. The largest absolute Gasteiger partial charge is 0.376 e. The lowest BCUT2D eigenvalue weighted by molar-refractivity contribution is 0.0953. The number of H-pyrrole nitrogens is 1. The van der Waals surface area contributed by atoms with Gasteiger partial charge in [0.15, 0.2) is 16.8 Å². The van der Waals surface area contributed by atoms with Gasteiger partial charge in [0, 0.05) is 29.3 Å². The molecule has 0 saturated carbocycles. The van der Waals surface area contributed by atoms with Crippen LogP contribution in [0.25, 0.3) is 21.6 Å². The van der Waals surface area contributed by atoms with E-state index in [9.17, 15) is 4.79 Å². The number of aromatic nitrogens is 4. The Morgan fingerprint density at radius 3 is 3.03 bits per heavy atom. The summed E-state index contributed by atoms with van der Waals surface area (Å²) in [5.74, 6) is 1.24. The number of benzene rings is 1. The van der Waals surface area contributed by atoms with Crippen molar-refractivity contribution < 1.29 is 9.53 Å². The zero-order chi connectivity index (χ0) is 19.6. The number of thioether (sulfide) groups is 1. The highest BCUT2D eigenvalue weighted by Crippen LogP contribution is 2.30. The number of rotatable bonds is 7. The number of fused-ring (bicyclic) bond motifs is 1. The Balaban J connectivity index is 1.38. The van der Waals surface area contributed by atoms with E-state index in [1.54, 1.807) is 17.5 Å². The summed E-state index contributed by atoms with van der Waals surface area (Å²) in [5.41, 5.74) is 1.69. The third-order valence-electron chi connectivity index (χ3n) is 5.09. The monoisotopic (exact) mass is 424 g/mol. The maximum Gasteiger partial charge on any atom is 0.192 e. The quantitative estimate of drug-likeness (QED) is 0.346. The molecule has 6 nitrogen and oxygen atoms in total. The first-order valence-electron chi connectivity index (χ1n) is 9.60. The van der Waals surface area contributed by atoms with Gasteiger partial charge in [-0.25, -0.2) is 0 Å². The van der Waals surface area contributed by atoms with Crippen molar-refractivity contribution in [2.45, 2.75) is 30.6 Å². The first-order chi connectivity index (χ1) is 14.3. The van der Waals surface area contributed by atoms with Crippen molar-refractivity contribution >= 4 is 39.8 Å². The second-order valence-corrected chi connectivity index (χ2v) is 8.88. The summed E-state index contributed by atoms with van der Waals surface area (Å²) in [4.78, 5) is 17.1. The first-order valence-corrected chi connectivity index (χ1v) is 11.5. The molecule has 0 amide bonds. The van der Waals surface area contributed by atoms with Gasteiger partial charge in [0.05, 0.1) is 23.3 Å². The molecule has 1 aromatic carbocycles. The van der Waals surface area contributed by atoms with Crippen molar-refractivity contribution in [3.8, 4) is 10.7 Å². The van der Waals surface area contributed by atoms with Crippen LogP contribution in [0, 0.1) is 0 Å². The van der Waals surface area contributed by atoms with Crippen LogP contribution in [0.3, 0.4) is 0 Å². The van der Waals surface area contributed by atoms with Gasteiger partial charge in [0.1, 0.15) is 0 Å². The number of nitrogens with zero attached hydrogens (tertiary/aromatic N) is 3. The van der Waals surface area contributed by atoms with Crippen LogP contribution in [0.5, 0.6) is 0 Å². The Morgan fingerprint density at radius 1 is 1.28 bits per heavy atom. The van der Waals surface area contributed by atoms with Crippen molar-refractivity contribution in [2.75, 3.05) is 12.4 Å². The molecule has 1 atom stereocenters. The Bertz CT molecular complexity index is 1130. The number of aromatic amines is 1. The highest BCUT2D eigenvalue weighted by atomic mass is 32.2. The van der Waals surface area contributed by atoms with Gasteiger partial charge in [-0.05, 0) is 30.4 Å². The topological polar surface area (TPSA) is 72.8 Å². The minimum absolute atomic E-state index is 0.0804. The summed E-state index contributed by atoms with van der Waals surface area (Å²) < 4.78 is 7.94. The molecule has 148 valence electrons. The van der Waals surface area contributed by atoms with Crippen molar-refractivity contribution in [1.82, 2.24) is 19.7 Å². The average Bonchev–Trinajstić information content (AvgIpc) is 3.53. The Kier molecular flexibility index (Phi) is 5.22. The minimum Gasteiger partial charge on any atom is -0.376 e. The number of thiophene rings is 1. The maximum atomic E-state index is 12.9. The van der Waals surface area contributed by atoms with Crippen LogP contribution in [-0.2, 0) is 11.3 Å². The zero-order valence-corrected chi connectivity index (χ0v) is 17.3. The number of Topliss-reactive ketones (excluding diaryl/α,β-unsaturated/α-hetero) is 1. The fourth-order valence-corrected chi connectivity index (χ4v) is 5.20. The molecular weight excluding hydrogens is 404 g/mol. The van der Waals surface area contributed by atoms with E-state index < -0.39 is 0 Å². The average molecular weight is 425 g/mol. The number of ether oxygens (including phenoxy) is 1. The molecule has 1 aliphatic rings. The molecule has 8 heteroatoms. The molecule has 4 aromatic rings. The lowest BCUT2D eigenvalue weighted by Gasteiger charge is -2.14. The van der Waals surface area contributed by atoms with E-state index in [-0.39, 0.29) is 11.9 Å². The fourth-order valence-electron chi connectivity index (χ4n) is 3.65. The maximum absolute atomic E-state index is 12.9. The standard InChI is InChI=1S/C21H20N4O2S2/c26-18(16-11-22-17-7-2-1-6-15(16)17)13-29-21-24-23-20(19-8-4-10-28-19)25(21)12-14-5-3-9-27-14/h1-2,4,6-8,10-11,14,22H,3,5,9,12-13H2/t14-/m0/s1. The molecule has 1 fully saturated rings. The van der Waals surface area contributed by atoms with E-state index in [0.717, 1.165) is 51.8 Å². The first kappa shape index (κ1) is 18.6. The summed E-state index contributed by atoms with van der Waals surface area (Å²) in [5, 5.41) is 12.6. The zero-order valence-electron chi connectivity index (χ0n) is 15.7. The lowest BCUT2D eigenvalue weighted by atomic mass is 10.1. The third kappa shape index (κ3) is 3.75. The molecule has 4 heterocycles. The smallest absolute Gasteiger partial charge is 0.192 e. The molecule has 1 N–H and O–H groups in total. The van der Waals surface area contributed by atoms with E-state index in [2.05, 4.69) is 19.7 Å². The van der Waals surface area contributed by atoms with Gasteiger partial charge in [-0.3, -0.25) is 9.36 Å². The van der Waals surface area contributed by atoms with Gasteiger partial charge >= 0.3 is 0 Å². The fraction of sp³-hybridized carbons (Fsp3) is 0.286. The van der Waals surface area contributed by atoms with Crippen LogP contribution in [0.1, 0.15) is 23.2 Å². The van der Waals surface area contributed by atoms with Gasteiger partial charge < -0.3 is 9.72 Å². The predicted octanol–water partition coefficient (Wildman–Crippen LogP) is 4.64. The van der Waals surface area contributed by atoms with Gasteiger partial charge in [0.25, 0.3) is 0 Å². The van der Waals surface area contributed by atoms with Crippen molar-refractivity contribution in [3.63, 3.8) is 0 Å². The van der Waals surface area contributed by atoms with Crippen LogP contribution >= 0.6 is 23.1 Å². The summed E-state index contributed by atoms with van der Waals surface area (Å²) in [7, 11) is 0. The van der Waals surface area contributed by atoms with Crippen molar-refractivity contribution in [3.05, 3.63) is 53.5 Å². The predicted molar refractivity (Wildman–Crippen MR) is 116 cm³/mol. The summed E-state index contributed by atoms with van der Waals surface area (Å²) in [6, 6.07) is 11.9. The van der Waals surface area contributed by atoms with Gasteiger partial charge in [-0.2, -0.15) is 0 Å². The summed E-state index contributed by atoms with van der Waals surface area (Å²) in [6.45, 7) is 1.52. The molecule has 0 bridgehead atoms. The molecule has 0 aliphatic carbocycles.